The average molecular weight is 320 g/mol. The molecule has 0 saturated heterocycles. The predicted octanol–water partition coefficient (Wildman–Crippen LogP) is 4.34. The Bertz CT molecular complexity index is 522. The second kappa shape index (κ2) is 4.99. The van der Waals surface area contributed by atoms with Crippen molar-refractivity contribution in [2.24, 2.45) is 0 Å². The van der Waals surface area contributed by atoms with Crippen molar-refractivity contribution >= 4 is 39.1 Å². The summed E-state index contributed by atoms with van der Waals surface area (Å²) in [6, 6.07) is 3.35. The minimum absolute atomic E-state index is 0.411. The van der Waals surface area contributed by atoms with Crippen molar-refractivity contribution in [1.82, 2.24) is 9.97 Å². The average Bonchev–Trinajstić information content (AvgIpc) is 2.22. The predicted molar refractivity (Wildman–Crippen MR) is 66.3 cm³/mol. The molecule has 0 radical (unpaired) electrons. The van der Waals surface area contributed by atoms with Crippen molar-refractivity contribution in [3.63, 3.8) is 0 Å². The van der Waals surface area contributed by atoms with Crippen LogP contribution < -0.4 is 4.74 Å². The molecule has 0 amide bonds. The van der Waals surface area contributed by atoms with Gasteiger partial charge in [0.05, 0.1) is 20.7 Å². The minimum Gasteiger partial charge on any atom is -0.436 e. The van der Waals surface area contributed by atoms with Gasteiger partial charge in [-0.05, 0) is 22.0 Å². The van der Waals surface area contributed by atoms with Crippen LogP contribution in [-0.2, 0) is 0 Å². The highest BCUT2D eigenvalue weighted by Gasteiger charge is 2.05. The van der Waals surface area contributed by atoms with E-state index in [1.165, 1.54) is 12.4 Å². The molecule has 0 aromatic carbocycles. The lowest BCUT2D eigenvalue weighted by atomic mass is 10.4. The monoisotopic (exact) mass is 318 g/mol. The van der Waals surface area contributed by atoms with Gasteiger partial charge in [-0.2, -0.15) is 0 Å². The van der Waals surface area contributed by atoms with E-state index in [0.717, 1.165) is 0 Å². The number of halogens is 3. The molecule has 2 aromatic rings. The van der Waals surface area contributed by atoms with Crippen molar-refractivity contribution in [1.29, 1.82) is 0 Å². The number of nitrogens with zero attached hydrogens (tertiary/aromatic N) is 2. The highest BCUT2D eigenvalue weighted by atomic mass is 79.9. The van der Waals surface area contributed by atoms with Crippen LogP contribution in [-0.4, -0.2) is 9.97 Å². The molecule has 82 valence electrons. The zero-order chi connectivity index (χ0) is 11.5. The summed E-state index contributed by atoms with van der Waals surface area (Å²) >= 11 is 14.8. The van der Waals surface area contributed by atoms with Gasteiger partial charge in [-0.25, -0.2) is 4.98 Å². The Hall–Kier alpha value is -0.840. The van der Waals surface area contributed by atoms with Crippen LogP contribution in [0.5, 0.6) is 11.6 Å². The fourth-order valence-corrected chi connectivity index (χ4v) is 1.92. The van der Waals surface area contributed by atoms with E-state index in [2.05, 4.69) is 25.9 Å². The van der Waals surface area contributed by atoms with Gasteiger partial charge in [0, 0.05) is 18.5 Å². The lowest BCUT2D eigenvalue weighted by Gasteiger charge is -2.06. The Morgan fingerprint density at radius 1 is 1.06 bits per heavy atom. The van der Waals surface area contributed by atoms with Gasteiger partial charge in [0.2, 0.25) is 5.88 Å². The van der Waals surface area contributed by atoms with Crippen LogP contribution in [0.2, 0.25) is 10.0 Å². The van der Waals surface area contributed by atoms with Crippen molar-refractivity contribution < 1.29 is 4.74 Å². The molecule has 2 rings (SSSR count). The van der Waals surface area contributed by atoms with E-state index in [9.17, 15) is 0 Å². The second-order valence-corrected chi connectivity index (χ2v) is 4.61. The Balaban J connectivity index is 2.27. The van der Waals surface area contributed by atoms with Crippen LogP contribution in [0.1, 0.15) is 0 Å². The summed E-state index contributed by atoms with van der Waals surface area (Å²) in [4.78, 5) is 7.93. The van der Waals surface area contributed by atoms with Gasteiger partial charge in [-0.3, -0.25) is 4.98 Å². The third-order valence-electron chi connectivity index (χ3n) is 1.67. The summed E-state index contributed by atoms with van der Waals surface area (Å²) in [7, 11) is 0. The molecule has 0 aliphatic carbocycles. The zero-order valence-corrected chi connectivity index (χ0v) is 10.9. The third-order valence-corrected chi connectivity index (χ3v) is 2.65. The summed E-state index contributed by atoms with van der Waals surface area (Å²) in [6.45, 7) is 0. The summed E-state index contributed by atoms with van der Waals surface area (Å²) < 4.78 is 6.15. The molecule has 0 bridgehead atoms. The summed E-state index contributed by atoms with van der Waals surface area (Å²) in [6.07, 6.45) is 4.58. The largest absolute Gasteiger partial charge is 0.436 e. The van der Waals surface area contributed by atoms with Crippen molar-refractivity contribution in [2.45, 2.75) is 0 Å². The maximum atomic E-state index is 5.78. The topological polar surface area (TPSA) is 35.0 Å². The molecule has 2 aromatic heterocycles. The van der Waals surface area contributed by atoms with Crippen molar-refractivity contribution in [3.8, 4) is 11.6 Å². The molecule has 16 heavy (non-hydrogen) atoms. The van der Waals surface area contributed by atoms with E-state index >= 15 is 0 Å². The maximum Gasteiger partial charge on any atom is 0.233 e. The number of rotatable bonds is 2. The van der Waals surface area contributed by atoms with Crippen LogP contribution in [0.25, 0.3) is 0 Å². The lowest BCUT2D eigenvalue weighted by molar-refractivity contribution is 0.457. The second-order valence-electron chi connectivity index (χ2n) is 2.88. The van der Waals surface area contributed by atoms with Gasteiger partial charge >= 0.3 is 0 Å². The fourth-order valence-electron chi connectivity index (χ4n) is 1.04. The first kappa shape index (κ1) is 11.6. The first-order chi connectivity index (χ1) is 7.65. The van der Waals surface area contributed by atoms with Crippen LogP contribution in [0.15, 0.2) is 35.2 Å². The van der Waals surface area contributed by atoms with Crippen LogP contribution in [0, 0.1) is 0 Å². The molecule has 0 saturated carbocycles. The molecule has 6 heteroatoms. The van der Waals surface area contributed by atoms with Crippen molar-refractivity contribution in [2.75, 3.05) is 0 Å². The first-order valence-corrected chi connectivity index (χ1v) is 5.79. The van der Waals surface area contributed by atoms with E-state index in [1.807, 2.05) is 0 Å². The van der Waals surface area contributed by atoms with Gasteiger partial charge in [0.1, 0.15) is 5.75 Å². The van der Waals surface area contributed by atoms with Gasteiger partial charge in [0.15, 0.2) is 0 Å². The summed E-state index contributed by atoms with van der Waals surface area (Å²) in [5.41, 5.74) is 0. The SMILES string of the molecule is Clc1cncc(Oc2ncc(Cl)cc2Br)c1. The molecular formula is C10H5BrCl2N2O. The smallest absolute Gasteiger partial charge is 0.233 e. The minimum atomic E-state index is 0.411. The number of hydrogen-bond acceptors (Lipinski definition) is 3. The Morgan fingerprint density at radius 3 is 2.50 bits per heavy atom. The number of pyridine rings is 2. The molecule has 0 fully saturated rings. The molecule has 0 N–H and O–H groups in total. The molecular weight excluding hydrogens is 315 g/mol. The van der Waals surface area contributed by atoms with Crippen LogP contribution in [0.4, 0.5) is 0 Å². The standard InChI is InChI=1S/C10H5BrCl2N2O/c11-9-2-7(13)4-15-10(9)16-8-1-6(12)3-14-5-8/h1-5H. The van der Waals surface area contributed by atoms with Gasteiger partial charge in [-0.1, -0.05) is 23.2 Å². The van der Waals surface area contributed by atoms with E-state index < -0.39 is 0 Å². The van der Waals surface area contributed by atoms with Crippen molar-refractivity contribution in [3.05, 3.63) is 45.2 Å². The first-order valence-electron chi connectivity index (χ1n) is 4.24. The number of hydrogen-bond donors (Lipinski definition) is 0. The van der Waals surface area contributed by atoms with Gasteiger partial charge in [0.25, 0.3) is 0 Å². The highest BCUT2D eigenvalue weighted by Crippen LogP contribution is 2.29. The van der Waals surface area contributed by atoms with Gasteiger partial charge in [-0.15, -0.1) is 0 Å². The number of ether oxygens (including phenoxy) is 1. The quantitative estimate of drug-likeness (QED) is 0.826. The van der Waals surface area contributed by atoms with E-state index in [1.54, 1.807) is 18.3 Å². The van der Waals surface area contributed by atoms with Gasteiger partial charge < -0.3 is 4.74 Å². The molecule has 2 heterocycles. The van der Waals surface area contributed by atoms with Crippen LogP contribution in [0.3, 0.4) is 0 Å². The molecule has 0 unspecified atom stereocenters. The van der Waals surface area contributed by atoms with E-state index in [4.69, 9.17) is 27.9 Å². The Morgan fingerprint density at radius 2 is 1.81 bits per heavy atom. The normalized spacial score (nSPS) is 10.2. The molecule has 0 aliphatic rings. The lowest BCUT2D eigenvalue weighted by Crippen LogP contribution is -1.89. The Kier molecular flexibility index (Phi) is 3.63. The number of aromatic nitrogens is 2. The van der Waals surface area contributed by atoms with Crippen LogP contribution >= 0.6 is 39.1 Å². The zero-order valence-electron chi connectivity index (χ0n) is 7.82. The molecule has 0 aliphatic heterocycles. The molecule has 0 atom stereocenters. The molecule has 0 spiro atoms. The molecule has 3 nitrogen and oxygen atoms in total. The highest BCUT2D eigenvalue weighted by molar-refractivity contribution is 9.10. The van der Waals surface area contributed by atoms with E-state index in [0.29, 0.717) is 26.1 Å². The third kappa shape index (κ3) is 2.84. The summed E-state index contributed by atoms with van der Waals surface area (Å²) in [5.74, 6) is 0.927. The summed E-state index contributed by atoms with van der Waals surface area (Å²) in [5, 5.41) is 1.03. The fraction of sp³-hybridized carbons (Fsp3) is 0. The van der Waals surface area contributed by atoms with E-state index in [-0.39, 0.29) is 0 Å². The Labute approximate surface area is 111 Å². The maximum absolute atomic E-state index is 5.78.